The van der Waals surface area contributed by atoms with Gasteiger partial charge >= 0.3 is 0 Å². The van der Waals surface area contributed by atoms with Crippen molar-refractivity contribution in [1.82, 2.24) is 14.7 Å². The van der Waals surface area contributed by atoms with E-state index in [-0.39, 0.29) is 69.4 Å². The maximum absolute atomic E-state index is 11.5. The Morgan fingerprint density at radius 3 is 0.648 bits per heavy atom. The number of phenolic OH excluding ortho intramolecular Hbond substituents is 3. The molecule has 0 aliphatic carbocycles. The van der Waals surface area contributed by atoms with Crippen molar-refractivity contribution in [3.8, 4) is 17.2 Å². The summed E-state index contributed by atoms with van der Waals surface area (Å²) in [6.45, 7) is 35.0. The molecule has 1 saturated heterocycles. The second-order valence-electron chi connectivity index (χ2n) is 22.0. The maximum atomic E-state index is 11.5. The molecule has 6 nitrogen and oxygen atoms in total. The molecular formula is C48H75N3O3. The first-order valence-corrected chi connectivity index (χ1v) is 19.7. The molecule has 1 aliphatic heterocycles. The molecule has 1 aliphatic rings. The van der Waals surface area contributed by atoms with E-state index in [1.54, 1.807) is 0 Å². The van der Waals surface area contributed by atoms with E-state index < -0.39 is 19.9 Å². The van der Waals surface area contributed by atoms with Crippen molar-refractivity contribution in [3.63, 3.8) is 0 Å². The van der Waals surface area contributed by atoms with Crippen LogP contribution in [0.2, 0.25) is 0 Å². The topological polar surface area (TPSA) is 70.4 Å². The average molecular weight is 745 g/mol. The molecule has 4 rings (SSSR count). The summed E-state index contributed by atoms with van der Waals surface area (Å²) in [4.78, 5) is 5.46. The summed E-state index contributed by atoms with van der Waals surface area (Å²) < 4.78 is 29.5. The minimum atomic E-state index is -1.06. The second kappa shape index (κ2) is 14.8. The van der Waals surface area contributed by atoms with Crippen molar-refractivity contribution in [3.05, 3.63) is 86.5 Å². The lowest BCUT2D eigenvalue weighted by molar-refractivity contribution is -0.0423. The van der Waals surface area contributed by atoms with Crippen LogP contribution in [0.25, 0.3) is 0 Å². The van der Waals surface area contributed by atoms with Gasteiger partial charge in [0.2, 0.25) is 0 Å². The highest BCUT2D eigenvalue weighted by atomic mass is 16.3. The van der Waals surface area contributed by atoms with Crippen molar-refractivity contribution < 1.29 is 19.4 Å². The largest absolute Gasteiger partial charge is 0.507 e. The fraction of sp³-hybridized carbons (Fsp3) is 0.625. The van der Waals surface area contributed by atoms with Crippen LogP contribution in [0, 0.1) is 0 Å². The summed E-state index contributed by atoms with van der Waals surface area (Å²) in [5.74, 6) is 0.847. The lowest BCUT2D eigenvalue weighted by atomic mass is 9.78. The molecule has 0 unspecified atom stereocenters. The third-order valence-electron chi connectivity index (χ3n) is 10.3. The smallest absolute Gasteiger partial charge is 0.123 e. The van der Waals surface area contributed by atoms with E-state index in [9.17, 15) is 19.4 Å². The molecule has 3 aromatic carbocycles. The summed E-state index contributed by atoms with van der Waals surface area (Å²) in [6.07, 6.45) is 0. The molecule has 0 aromatic heterocycles. The molecule has 0 amide bonds. The maximum Gasteiger partial charge on any atom is 0.123 e. The summed E-state index contributed by atoms with van der Waals surface area (Å²) in [6, 6.07) is 12.1. The SMILES string of the molecule is [2H]C1N(Cc2cc(C(C)(C)C)c(O)c(C(C)(C)C)c2)C([2H])N(Cc2cc(C(C)(C)C)c(O)c(C(C)(C)C)c2)C([2H])N1Cc1cc(C(C)(C)C)c(O)c(C(C)(C)C)c1. The summed E-state index contributed by atoms with van der Waals surface area (Å²) in [5, 5.41) is 34.6. The second-order valence-corrected chi connectivity index (χ2v) is 22.0. The minimum absolute atomic E-state index is 0.251. The predicted molar refractivity (Wildman–Crippen MR) is 228 cm³/mol. The number of aromatic hydroxyl groups is 3. The molecule has 0 saturated carbocycles. The lowest BCUT2D eigenvalue weighted by Crippen LogP contribution is -2.53. The van der Waals surface area contributed by atoms with E-state index in [1.165, 1.54) is 0 Å². The van der Waals surface area contributed by atoms with Crippen molar-refractivity contribution in [1.29, 1.82) is 0 Å². The molecule has 0 atom stereocenters. The van der Waals surface area contributed by atoms with Crippen molar-refractivity contribution in [2.45, 2.75) is 177 Å². The quantitative estimate of drug-likeness (QED) is 0.233. The van der Waals surface area contributed by atoms with Crippen LogP contribution in [0.5, 0.6) is 17.2 Å². The van der Waals surface area contributed by atoms with Gasteiger partial charge in [0, 0.05) is 19.6 Å². The zero-order valence-corrected chi connectivity index (χ0v) is 37.0. The van der Waals surface area contributed by atoms with Gasteiger partial charge in [-0.15, -0.1) is 0 Å². The number of benzene rings is 3. The number of hydrogen-bond acceptors (Lipinski definition) is 6. The first-order valence-electron chi connectivity index (χ1n) is 21.4. The van der Waals surface area contributed by atoms with E-state index in [1.807, 2.05) is 51.1 Å². The van der Waals surface area contributed by atoms with Crippen molar-refractivity contribution in [2.24, 2.45) is 0 Å². The van der Waals surface area contributed by atoms with Crippen LogP contribution in [0.3, 0.4) is 0 Å². The monoisotopic (exact) mass is 745 g/mol. The van der Waals surface area contributed by atoms with Gasteiger partial charge in [0.05, 0.1) is 24.0 Å². The van der Waals surface area contributed by atoms with E-state index >= 15 is 0 Å². The molecule has 6 heteroatoms. The Bertz CT molecular complexity index is 1590. The van der Waals surface area contributed by atoms with Crippen LogP contribution in [0.4, 0.5) is 0 Å². The molecule has 0 spiro atoms. The van der Waals surface area contributed by atoms with E-state index in [4.69, 9.17) is 0 Å². The van der Waals surface area contributed by atoms with E-state index in [0.29, 0.717) is 0 Å². The highest BCUT2D eigenvalue weighted by Crippen LogP contribution is 2.43. The Morgan fingerprint density at radius 1 is 0.370 bits per heavy atom. The fourth-order valence-corrected chi connectivity index (χ4v) is 7.33. The fourth-order valence-electron chi connectivity index (χ4n) is 7.33. The normalized spacial score (nSPS) is 21.2. The third-order valence-corrected chi connectivity index (χ3v) is 10.3. The number of nitrogens with zero attached hydrogens (tertiary/aromatic N) is 3. The van der Waals surface area contributed by atoms with Crippen LogP contribution in [0.15, 0.2) is 36.4 Å². The highest BCUT2D eigenvalue weighted by Gasteiger charge is 2.32. The Balaban J connectivity index is 1.94. The van der Waals surface area contributed by atoms with Crippen LogP contribution >= 0.6 is 0 Å². The number of hydrogen-bond donors (Lipinski definition) is 3. The Kier molecular flexibility index (Phi) is 10.7. The Labute approximate surface area is 333 Å². The highest BCUT2D eigenvalue weighted by molar-refractivity contribution is 5.52. The van der Waals surface area contributed by atoms with Crippen LogP contribution < -0.4 is 0 Å². The van der Waals surface area contributed by atoms with Gasteiger partial charge in [-0.25, -0.2) is 0 Å². The molecule has 54 heavy (non-hydrogen) atoms. The molecule has 3 N–H and O–H groups in total. The zero-order chi connectivity index (χ0) is 43.8. The third kappa shape index (κ3) is 10.2. The van der Waals surface area contributed by atoms with Gasteiger partial charge in [-0.1, -0.05) is 161 Å². The molecule has 3 aromatic rings. The minimum Gasteiger partial charge on any atom is -0.507 e. The Morgan fingerprint density at radius 2 is 0.519 bits per heavy atom. The van der Waals surface area contributed by atoms with Crippen LogP contribution in [-0.4, -0.2) is 50.0 Å². The van der Waals surface area contributed by atoms with Gasteiger partial charge in [0.25, 0.3) is 0 Å². The van der Waals surface area contributed by atoms with Crippen LogP contribution in [0.1, 0.15) is 179 Å². The first-order chi connectivity index (χ1) is 25.5. The van der Waals surface area contributed by atoms with Gasteiger partial charge in [0.15, 0.2) is 0 Å². The van der Waals surface area contributed by atoms with E-state index in [0.717, 1.165) is 50.1 Å². The predicted octanol–water partition coefficient (Wildman–Crippen LogP) is 11.3. The van der Waals surface area contributed by atoms with Crippen molar-refractivity contribution >= 4 is 0 Å². The van der Waals surface area contributed by atoms with Crippen molar-refractivity contribution in [2.75, 3.05) is 19.9 Å². The standard InChI is InChI=1S/C48H75N3O3/c1-43(2,3)34-19-31(20-35(40(34)52)44(4,5)6)25-49-28-50(26-32-21-36(45(7,8)9)41(53)37(22-32)46(10,11)12)30-51(29-49)27-33-23-38(47(13,14)15)42(54)39(24-33)48(16,17)18/h19-24,52-54H,25-30H2,1-18H3/i28D,29D,30D. The summed E-state index contributed by atoms with van der Waals surface area (Å²) >= 11 is 0. The van der Waals surface area contributed by atoms with Gasteiger partial charge in [-0.3, -0.25) is 14.7 Å². The summed E-state index contributed by atoms with van der Waals surface area (Å²) in [5.41, 5.74) is 5.48. The van der Waals surface area contributed by atoms with Gasteiger partial charge in [0.1, 0.15) is 17.2 Å². The molecule has 0 radical (unpaired) electrons. The number of rotatable bonds is 6. The molecule has 1 fully saturated rings. The zero-order valence-electron chi connectivity index (χ0n) is 40.0. The number of phenols is 3. The van der Waals surface area contributed by atoms with E-state index in [2.05, 4.69) is 125 Å². The Hall–Kier alpha value is -3.06. The van der Waals surface area contributed by atoms with Crippen LogP contribution in [-0.2, 0) is 52.1 Å². The molecular weight excluding hydrogens is 667 g/mol. The van der Waals surface area contributed by atoms with Gasteiger partial charge < -0.3 is 15.3 Å². The van der Waals surface area contributed by atoms with Gasteiger partial charge in [-0.05, 0) is 82.6 Å². The first kappa shape index (κ1) is 39.2. The summed E-state index contributed by atoms with van der Waals surface area (Å²) in [7, 11) is 0. The molecule has 300 valence electrons. The lowest BCUT2D eigenvalue weighted by Gasteiger charge is -2.43. The van der Waals surface area contributed by atoms with Gasteiger partial charge in [-0.2, -0.15) is 0 Å². The average Bonchev–Trinajstić information content (AvgIpc) is 3.02. The molecule has 1 heterocycles. The molecule has 0 bridgehead atoms.